The first-order valence-electron chi connectivity index (χ1n) is 5.59. The van der Waals surface area contributed by atoms with Crippen LogP contribution in [0.25, 0.3) is 0 Å². The number of rotatable bonds is 6. The van der Waals surface area contributed by atoms with Crippen LogP contribution >= 0.6 is 27.5 Å². The summed E-state index contributed by atoms with van der Waals surface area (Å²) in [6.07, 6.45) is 0. The van der Waals surface area contributed by atoms with Crippen molar-refractivity contribution in [3.8, 4) is 0 Å². The molecule has 1 aromatic carbocycles. The topological polar surface area (TPSA) is 72.6 Å². The fourth-order valence-corrected chi connectivity index (χ4v) is 3.80. The molecule has 1 rings (SSSR count). The van der Waals surface area contributed by atoms with Gasteiger partial charge in [0.05, 0.1) is 16.0 Å². The predicted octanol–water partition coefficient (Wildman–Crippen LogP) is 2.34. The second-order valence-electron chi connectivity index (χ2n) is 3.83. The molecule has 0 unspecified atom stereocenters. The highest BCUT2D eigenvalue weighted by molar-refractivity contribution is 9.10. The van der Waals surface area contributed by atoms with Crippen molar-refractivity contribution in [2.75, 3.05) is 32.5 Å². The Hall–Kier alpha value is -0.340. The van der Waals surface area contributed by atoms with E-state index in [-0.39, 0.29) is 22.2 Å². The molecule has 0 amide bonds. The van der Waals surface area contributed by atoms with Crippen molar-refractivity contribution in [2.24, 2.45) is 0 Å². The molecule has 19 heavy (non-hydrogen) atoms. The highest BCUT2D eigenvalue weighted by Crippen LogP contribution is 2.32. The van der Waals surface area contributed by atoms with Crippen molar-refractivity contribution in [3.63, 3.8) is 0 Å². The van der Waals surface area contributed by atoms with Crippen molar-refractivity contribution in [3.05, 3.63) is 21.6 Å². The molecule has 2 N–H and O–H groups in total. The number of halogens is 2. The Kier molecular flexibility index (Phi) is 6.07. The molecule has 0 saturated heterocycles. The normalized spacial score (nSPS) is 12.1. The Labute approximate surface area is 126 Å². The zero-order valence-electron chi connectivity index (χ0n) is 10.7. The minimum absolute atomic E-state index is 0.0523. The number of nitrogens with zero attached hydrogens (tertiary/aromatic N) is 1. The van der Waals surface area contributed by atoms with Gasteiger partial charge in [0.1, 0.15) is 0 Å². The average molecular weight is 372 g/mol. The molecule has 0 heterocycles. The maximum atomic E-state index is 12.4. The highest BCUT2D eigenvalue weighted by atomic mass is 79.9. The molecule has 108 valence electrons. The van der Waals surface area contributed by atoms with Gasteiger partial charge >= 0.3 is 0 Å². The maximum Gasteiger partial charge on any atom is 0.244 e. The first-order valence-corrected chi connectivity index (χ1v) is 8.20. The molecule has 8 heteroatoms. The number of nitrogen functional groups attached to an aromatic ring is 1. The van der Waals surface area contributed by atoms with Gasteiger partial charge in [-0.25, -0.2) is 8.42 Å². The lowest BCUT2D eigenvalue weighted by molar-refractivity contribution is 0.138. The molecular formula is C11H16BrClN2O3S. The number of hydrogen-bond acceptors (Lipinski definition) is 4. The number of anilines is 1. The fourth-order valence-electron chi connectivity index (χ4n) is 1.40. The SMILES string of the molecule is CCOCCN(C)S(=O)(=O)c1cc(Cl)cc(N)c1Br. The van der Waals surface area contributed by atoms with Crippen LogP contribution in [0.1, 0.15) is 6.92 Å². The van der Waals surface area contributed by atoms with Gasteiger partial charge in [-0.3, -0.25) is 0 Å². The summed E-state index contributed by atoms with van der Waals surface area (Å²) in [5.41, 5.74) is 5.98. The summed E-state index contributed by atoms with van der Waals surface area (Å²) in [5, 5.41) is 0.275. The van der Waals surface area contributed by atoms with E-state index in [0.717, 1.165) is 0 Å². The van der Waals surface area contributed by atoms with Crippen molar-refractivity contribution in [1.29, 1.82) is 0 Å². The van der Waals surface area contributed by atoms with Gasteiger partial charge in [-0.1, -0.05) is 11.6 Å². The lowest BCUT2D eigenvalue weighted by Gasteiger charge is -2.18. The molecule has 0 aliphatic carbocycles. The van der Waals surface area contributed by atoms with E-state index in [1.165, 1.54) is 23.5 Å². The lowest BCUT2D eigenvalue weighted by atomic mass is 10.3. The largest absolute Gasteiger partial charge is 0.398 e. The van der Waals surface area contributed by atoms with E-state index in [1.54, 1.807) is 0 Å². The molecule has 0 radical (unpaired) electrons. The Morgan fingerprint density at radius 1 is 1.47 bits per heavy atom. The second kappa shape index (κ2) is 6.90. The molecule has 0 saturated carbocycles. The standard InChI is InChI=1S/C11H16BrClN2O3S/c1-3-18-5-4-15(2)19(16,17)10-7-8(13)6-9(14)11(10)12/h6-7H,3-5,14H2,1-2H3. The molecule has 0 aliphatic heterocycles. The number of sulfonamides is 1. The summed E-state index contributed by atoms with van der Waals surface area (Å²) in [6, 6.07) is 2.86. The maximum absolute atomic E-state index is 12.4. The van der Waals surface area contributed by atoms with Crippen LogP contribution in [-0.4, -0.2) is 39.5 Å². The minimum atomic E-state index is -3.65. The lowest BCUT2D eigenvalue weighted by Crippen LogP contribution is -2.30. The molecule has 0 fully saturated rings. The molecule has 0 aromatic heterocycles. The Morgan fingerprint density at radius 2 is 2.11 bits per heavy atom. The van der Waals surface area contributed by atoms with Crippen LogP contribution in [0.5, 0.6) is 0 Å². The van der Waals surface area contributed by atoms with E-state index in [1.807, 2.05) is 6.92 Å². The summed E-state index contributed by atoms with van der Waals surface area (Å²) in [7, 11) is -2.17. The summed E-state index contributed by atoms with van der Waals surface area (Å²) in [5.74, 6) is 0. The first kappa shape index (κ1) is 16.7. The Morgan fingerprint density at radius 3 is 2.68 bits per heavy atom. The number of benzene rings is 1. The van der Waals surface area contributed by atoms with Crippen LogP contribution in [0, 0.1) is 0 Å². The van der Waals surface area contributed by atoms with Crippen LogP contribution in [0.15, 0.2) is 21.5 Å². The third-order valence-corrected chi connectivity index (χ3v) is 5.72. The van der Waals surface area contributed by atoms with Gasteiger partial charge < -0.3 is 10.5 Å². The van der Waals surface area contributed by atoms with Crippen molar-refractivity contribution < 1.29 is 13.2 Å². The van der Waals surface area contributed by atoms with Crippen LogP contribution in [0.4, 0.5) is 5.69 Å². The minimum Gasteiger partial charge on any atom is -0.398 e. The molecule has 0 spiro atoms. The number of likely N-dealkylation sites (N-methyl/N-ethyl adjacent to an activating group) is 1. The van der Waals surface area contributed by atoms with E-state index in [4.69, 9.17) is 22.1 Å². The number of ether oxygens (including phenoxy) is 1. The summed E-state index contributed by atoms with van der Waals surface area (Å²) < 4.78 is 31.4. The third-order valence-electron chi connectivity index (χ3n) is 2.48. The van der Waals surface area contributed by atoms with E-state index in [9.17, 15) is 8.42 Å². The molecular weight excluding hydrogens is 356 g/mol. The molecule has 0 atom stereocenters. The first-order chi connectivity index (χ1) is 8.80. The second-order valence-corrected chi connectivity index (χ2v) is 7.07. The van der Waals surface area contributed by atoms with E-state index < -0.39 is 10.0 Å². The van der Waals surface area contributed by atoms with Gasteiger partial charge in [-0.05, 0) is 35.0 Å². The Bertz CT molecular complexity index is 551. The molecule has 1 aromatic rings. The highest BCUT2D eigenvalue weighted by Gasteiger charge is 2.24. The van der Waals surface area contributed by atoms with E-state index in [2.05, 4.69) is 15.9 Å². The van der Waals surface area contributed by atoms with Gasteiger partial charge in [0.15, 0.2) is 0 Å². The van der Waals surface area contributed by atoms with Crippen LogP contribution in [0.2, 0.25) is 5.02 Å². The average Bonchev–Trinajstić information content (AvgIpc) is 2.33. The molecule has 0 aliphatic rings. The van der Waals surface area contributed by atoms with Crippen molar-refractivity contribution in [2.45, 2.75) is 11.8 Å². The summed E-state index contributed by atoms with van der Waals surface area (Å²) >= 11 is 9.03. The third kappa shape index (κ3) is 4.06. The smallest absolute Gasteiger partial charge is 0.244 e. The quantitative estimate of drug-likeness (QED) is 0.615. The fraction of sp³-hybridized carbons (Fsp3) is 0.455. The number of nitrogens with two attached hydrogens (primary N) is 1. The number of hydrogen-bond donors (Lipinski definition) is 1. The van der Waals surface area contributed by atoms with E-state index in [0.29, 0.717) is 17.7 Å². The molecule has 5 nitrogen and oxygen atoms in total. The monoisotopic (exact) mass is 370 g/mol. The van der Waals surface area contributed by atoms with Crippen LogP contribution in [-0.2, 0) is 14.8 Å². The van der Waals surface area contributed by atoms with Gasteiger partial charge in [0.25, 0.3) is 0 Å². The van der Waals surface area contributed by atoms with Gasteiger partial charge in [-0.15, -0.1) is 0 Å². The Balaban J connectivity index is 3.06. The zero-order chi connectivity index (χ0) is 14.6. The van der Waals surface area contributed by atoms with Crippen molar-refractivity contribution in [1.82, 2.24) is 4.31 Å². The predicted molar refractivity (Wildman–Crippen MR) is 79.9 cm³/mol. The molecule has 0 bridgehead atoms. The van der Waals surface area contributed by atoms with Gasteiger partial charge in [0, 0.05) is 30.9 Å². The van der Waals surface area contributed by atoms with Crippen LogP contribution in [0.3, 0.4) is 0 Å². The van der Waals surface area contributed by atoms with Crippen molar-refractivity contribution >= 4 is 43.2 Å². The van der Waals surface area contributed by atoms with E-state index >= 15 is 0 Å². The van der Waals surface area contributed by atoms with Gasteiger partial charge in [0.2, 0.25) is 10.0 Å². The zero-order valence-corrected chi connectivity index (χ0v) is 13.8. The summed E-state index contributed by atoms with van der Waals surface area (Å²) in [6.45, 7) is 2.99. The van der Waals surface area contributed by atoms with Crippen LogP contribution < -0.4 is 5.73 Å². The summed E-state index contributed by atoms with van der Waals surface area (Å²) in [4.78, 5) is 0.0523. The van der Waals surface area contributed by atoms with Gasteiger partial charge in [-0.2, -0.15) is 4.31 Å².